The van der Waals surface area contributed by atoms with Crippen molar-refractivity contribution in [2.75, 3.05) is 13.1 Å². The number of hydrogen-bond acceptors (Lipinski definition) is 4. The summed E-state index contributed by atoms with van der Waals surface area (Å²) in [5, 5.41) is 12.7. The lowest BCUT2D eigenvalue weighted by Gasteiger charge is -2.02. The second kappa shape index (κ2) is 5.76. The standard InChI is InChI=1S/C11H13N5O2/c17-7-13-3-1-4-14-11(18)10-8-6-12-5-2-9(8)15-16-10/h2,5-7H,1,3-4H2,(H,13,17)(H,14,18)(H,15,16). The maximum Gasteiger partial charge on any atom is 0.272 e. The topological polar surface area (TPSA) is 99.8 Å². The number of H-pyrrole nitrogens is 1. The van der Waals surface area contributed by atoms with E-state index in [0.29, 0.717) is 37.0 Å². The number of hydrogen-bond donors (Lipinski definition) is 3. The Morgan fingerprint density at radius 1 is 1.44 bits per heavy atom. The molecular formula is C11H13N5O2. The van der Waals surface area contributed by atoms with Gasteiger partial charge in [0.15, 0.2) is 5.69 Å². The van der Waals surface area contributed by atoms with Crippen molar-refractivity contribution < 1.29 is 9.59 Å². The number of carbonyl (C=O) groups excluding carboxylic acids is 2. The number of amides is 2. The van der Waals surface area contributed by atoms with Crippen LogP contribution in [0.2, 0.25) is 0 Å². The molecule has 0 saturated heterocycles. The molecule has 0 saturated carbocycles. The normalized spacial score (nSPS) is 10.2. The van der Waals surface area contributed by atoms with Crippen LogP contribution in [0.15, 0.2) is 18.5 Å². The Morgan fingerprint density at radius 3 is 3.17 bits per heavy atom. The quantitative estimate of drug-likeness (QED) is 0.487. The Bertz CT molecular complexity index is 551. The van der Waals surface area contributed by atoms with E-state index in [4.69, 9.17) is 0 Å². The van der Waals surface area contributed by atoms with Gasteiger partial charge in [-0.25, -0.2) is 0 Å². The van der Waals surface area contributed by atoms with E-state index in [2.05, 4.69) is 25.8 Å². The minimum absolute atomic E-state index is 0.250. The van der Waals surface area contributed by atoms with Crippen LogP contribution in [-0.4, -0.2) is 40.6 Å². The summed E-state index contributed by atoms with van der Waals surface area (Å²) in [6.45, 7) is 1.01. The maximum absolute atomic E-state index is 11.8. The molecule has 0 aliphatic carbocycles. The molecule has 3 N–H and O–H groups in total. The molecule has 0 fully saturated rings. The smallest absolute Gasteiger partial charge is 0.272 e. The van der Waals surface area contributed by atoms with Crippen LogP contribution in [0.25, 0.3) is 10.9 Å². The van der Waals surface area contributed by atoms with Gasteiger partial charge < -0.3 is 10.6 Å². The molecule has 0 unspecified atom stereocenters. The zero-order chi connectivity index (χ0) is 12.8. The molecule has 7 nitrogen and oxygen atoms in total. The third-order valence-electron chi connectivity index (χ3n) is 2.45. The molecule has 0 atom stereocenters. The molecule has 2 aromatic rings. The summed E-state index contributed by atoms with van der Waals surface area (Å²) >= 11 is 0. The van der Waals surface area contributed by atoms with Crippen molar-refractivity contribution in [2.45, 2.75) is 6.42 Å². The molecule has 2 heterocycles. The van der Waals surface area contributed by atoms with Crippen LogP contribution in [-0.2, 0) is 4.79 Å². The van der Waals surface area contributed by atoms with Gasteiger partial charge in [0.2, 0.25) is 6.41 Å². The monoisotopic (exact) mass is 247 g/mol. The minimum atomic E-state index is -0.250. The Labute approximate surface area is 103 Å². The van der Waals surface area contributed by atoms with Gasteiger partial charge in [-0.1, -0.05) is 0 Å². The Morgan fingerprint density at radius 2 is 2.33 bits per heavy atom. The van der Waals surface area contributed by atoms with Crippen LogP contribution >= 0.6 is 0 Å². The number of carbonyl (C=O) groups is 2. The van der Waals surface area contributed by atoms with E-state index in [0.717, 1.165) is 5.52 Å². The third kappa shape index (κ3) is 2.62. The summed E-state index contributed by atoms with van der Waals surface area (Å²) < 4.78 is 0. The molecule has 0 radical (unpaired) electrons. The molecule has 0 aromatic carbocycles. The van der Waals surface area contributed by atoms with Gasteiger partial charge in [-0.15, -0.1) is 0 Å². The molecule has 0 aliphatic rings. The zero-order valence-corrected chi connectivity index (χ0v) is 9.64. The second-order valence-electron chi connectivity index (χ2n) is 3.67. The SMILES string of the molecule is O=CNCCCNC(=O)c1n[nH]c2ccncc12. The van der Waals surface area contributed by atoms with Crippen molar-refractivity contribution >= 4 is 23.2 Å². The number of pyridine rings is 1. The van der Waals surface area contributed by atoms with E-state index in [1.54, 1.807) is 18.5 Å². The summed E-state index contributed by atoms with van der Waals surface area (Å²) in [5.74, 6) is -0.250. The Kier molecular flexibility index (Phi) is 3.85. The van der Waals surface area contributed by atoms with Crippen molar-refractivity contribution in [3.05, 3.63) is 24.2 Å². The minimum Gasteiger partial charge on any atom is -0.359 e. The van der Waals surface area contributed by atoms with E-state index in [1.807, 2.05) is 0 Å². The first kappa shape index (κ1) is 12.0. The number of aromatic nitrogens is 3. The fourth-order valence-electron chi connectivity index (χ4n) is 1.57. The van der Waals surface area contributed by atoms with Gasteiger partial charge >= 0.3 is 0 Å². The van der Waals surface area contributed by atoms with Crippen molar-refractivity contribution in [3.63, 3.8) is 0 Å². The number of nitrogens with one attached hydrogen (secondary N) is 3. The summed E-state index contributed by atoms with van der Waals surface area (Å²) in [5.41, 5.74) is 1.11. The molecule has 7 heteroatoms. The van der Waals surface area contributed by atoms with Crippen LogP contribution in [0.5, 0.6) is 0 Å². The van der Waals surface area contributed by atoms with Crippen LogP contribution in [0.4, 0.5) is 0 Å². The van der Waals surface area contributed by atoms with Crippen LogP contribution < -0.4 is 10.6 Å². The van der Waals surface area contributed by atoms with E-state index < -0.39 is 0 Å². The second-order valence-corrected chi connectivity index (χ2v) is 3.67. The largest absolute Gasteiger partial charge is 0.359 e. The highest BCUT2D eigenvalue weighted by Crippen LogP contribution is 2.13. The molecule has 18 heavy (non-hydrogen) atoms. The molecule has 0 spiro atoms. The van der Waals surface area contributed by atoms with Crippen LogP contribution in [0.1, 0.15) is 16.9 Å². The molecule has 0 aliphatic heterocycles. The molecule has 0 bridgehead atoms. The number of rotatable bonds is 6. The first-order valence-corrected chi connectivity index (χ1v) is 5.56. The zero-order valence-electron chi connectivity index (χ0n) is 9.64. The fraction of sp³-hybridized carbons (Fsp3) is 0.273. The highest BCUT2D eigenvalue weighted by molar-refractivity contribution is 6.04. The van der Waals surface area contributed by atoms with Crippen molar-refractivity contribution in [3.8, 4) is 0 Å². The van der Waals surface area contributed by atoms with Gasteiger partial charge in [-0.2, -0.15) is 5.10 Å². The predicted octanol–water partition coefficient (Wildman–Crippen LogP) is -0.176. The van der Waals surface area contributed by atoms with Gasteiger partial charge in [-0.05, 0) is 12.5 Å². The predicted molar refractivity (Wildman–Crippen MR) is 64.9 cm³/mol. The number of nitrogens with zero attached hydrogens (tertiary/aromatic N) is 2. The average Bonchev–Trinajstić information content (AvgIpc) is 2.82. The Balaban J connectivity index is 1.94. The van der Waals surface area contributed by atoms with Crippen LogP contribution in [0, 0.1) is 0 Å². The van der Waals surface area contributed by atoms with Gasteiger partial charge in [0.05, 0.1) is 10.9 Å². The van der Waals surface area contributed by atoms with E-state index in [1.165, 1.54) is 0 Å². The number of fused-ring (bicyclic) bond motifs is 1. The summed E-state index contributed by atoms with van der Waals surface area (Å²) in [7, 11) is 0. The van der Waals surface area contributed by atoms with Crippen molar-refractivity contribution in [1.82, 2.24) is 25.8 Å². The number of aromatic amines is 1. The fourth-order valence-corrected chi connectivity index (χ4v) is 1.57. The molecule has 2 amide bonds. The van der Waals surface area contributed by atoms with Crippen molar-refractivity contribution in [1.29, 1.82) is 0 Å². The first-order valence-electron chi connectivity index (χ1n) is 5.56. The van der Waals surface area contributed by atoms with E-state index >= 15 is 0 Å². The summed E-state index contributed by atoms with van der Waals surface area (Å²) in [6.07, 6.45) is 4.54. The van der Waals surface area contributed by atoms with Crippen molar-refractivity contribution in [2.24, 2.45) is 0 Å². The molecular weight excluding hydrogens is 234 g/mol. The van der Waals surface area contributed by atoms with Gasteiger partial charge in [-0.3, -0.25) is 19.7 Å². The average molecular weight is 247 g/mol. The van der Waals surface area contributed by atoms with Gasteiger partial charge in [0, 0.05) is 25.5 Å². The molecule has 94 valence electrons. The lowest BCUT2D eigenvalue weighted by Crippen LogP contribution is -2.27. The lowest BCUT2D eigenvalue weighted by atomic mass is 10.2. The van der Waals surface area contributed by atoms with E-state index in [9.17, 15) is 9.59 Å². The third-order valence-corrected chi connectivity index (χ3v) is 2.45. The first-order chi connectivity index (χ1) is 8.83. The molecule has 2 aromatic heterocycles. The highest BCUT2D eigenvalue weighted by Gasteiger charge is 2.13. The highest BCUT2D eigenvalue weighted by atomic mass is 16.2. The van der Waals surface area contributed by atoms with E-state index in [-0.39, 0.29) is 5.91 Å². The summed E-state index contributed by atoms with van der Waals surface area (Å²) in [6, 6.07) is 1.76. The van der Waals surface area contributed by atoms with Gasteiger partial charge in [0.1, 0.15) is 0 Å². The van der Waals surface area contributed by atoms with Gasteiger partial charge in [0.25, 0.3) is 5.91 Å². The summed E-state index contributed by atoms with van der Waals surface area (Å²) in [4.78, 5) is 25.8. The maximum atomic E-state index is 11.8. The van der Waals surface area contributed by atoms with Crippen LogP contribution in [0.3, 0.4) is 0 Å². The lowest BCUT2D eigenvalue weighted by molar-refractivity contribution is -0.109. The molecule has 2 rings (SSSR count). The Hall–Kier alpha value is -2.44.